The summed E-state index contributed by atoms with van der Waals surface area (Å²) in [6, 6.07) is 0.333. The number of likely N-dealkylation sites (N-methyl/N-ethyl adjacent to an activating group) is 1. The number of hydrogen-bond donors (Lipinski definition) is 0. The first-order chi connectivity index (χ1) is 9.91. The minimum Gasteiger partial charge on any atom is -0.368 e. The summed E-state index contributed by atoms with van der Waals surface area (Å²) in [5.74, 6) is 0.0887. The lowest BCUT2D eigenvalue weighted by Crippen LogP contribution is -2.39. The maximum atomic E-state index is 12.4. The van der Waals surface area contributed by atoms with Crippen LogP contribution in [0.2, 0.25) is 0 Å². The molecule has 5 nitrogen and oxygen atoms in total. The molecule has 1 aliphatic heterocycles. The molecule has 0 radical (unpaired) electrons. The number of amides is 1. The van der Waals surface area contributed by atoms with Crippen LogP contribution < -0.4 is 0 Å². The van der Waals surface area contributed by atoms with E-state index in [1.165, 1.54) is 0 Å². The van der Waals surface area contributed by atoms with Gasteiger partial charge in [0, 0.05) is 37.5 Å². The number of hydrogen-bond acceptors (Lipinski definition) is 3. The lowest BCUT2D eigenvalue weighted by molar-refractivity contribution is -0.145. The van der Waals surface area contributed by atoms with Gasteiger partial charge in [0.2, 0.25) is 0 Å². The summed E-state index contributed by atoms with van der Waals surface area (Å²) in [5.41, 5.74) is 3.30. The van der Waals surface area contributed by atoms with Gasteiger partial charge < -0.3 is 9.64 Å². The maximum absolute atomic E-state index is 12.4. The number of nitrogens with zero attached hydrogens (tertiary/aromatic N) is 3. The van der Waals surface area contributed by atoms with Gasteiger partial charge in [-0.25, -0.2) is 0 Å². The average molecular weight is 293 g/mol. The van der Waals surface area contributed by atoms with Crippen LogP contribution in [0.4, 0.5) is 0 Å². The highest BCUT2D eigenvalue weighted by molar-refractivity contribution is 5.80. The van der Waals surface area contributed by atoms with Gasteiger partial charge in [-0.15, -0.1) is 0 Å². The molecule has 1 aliphatic rings. The lowest BCUT2D eigenvalue weighted by Gasteiger charge is -2.26. The molecule has 1 saturated heterocycles. The predicted molar refractivity (Wildman–Crippen MR) is 82.2 cm³/mol. The number of carbonyl (C=O) groups is 1. The third-order valence-corrected chi connectivity index (χ3v) is 4.19. The summed E-state index contributed by atoms with van der Waals surface area (Å²) in [4.78, 5) is 14.2. The molecule has 1 aromatic rings. The zero-order valence-corrected chi connectivity index (χ0v) is 13.8. The summed E-state index contributed by atoms with van der Waals surface area (Å²) in [6.07, 6.45) is 2.72. The van der Waals surface area contributed by atoms with Crippen molar-refractivity contribution in [2.45, 2.75) is 65.6 Å². The van der Waals surface area contributed by atoms with E-state index in [9.17, 15) is 4.79 Å². The molecule has 1 aromatic heterocycles. The zero-order valence-electron chi connectivity index (χ0n) is 13.8. The van der Waals surface area contributed by atoms with Crippen LogP contribution in [0.15, 0.2) is 0 Å². The molecule has 5 heteroatoms. The first kappa shape index (κ1) is 16.0. The second kappa shape index (κ2) is 6.60. The summed E-state index contributed by atoms with van der Waals surface area (Å²) in [5, 5.41) is 4.58. The van der Waals surface area contributed by atoms with Gasteiger partial charge >= 0.3 is 0 Å². The van der Waals surface area contributed by atoms with Crippen molar-refractivity contribution in [1.29, 1.82) is 0 Å². The van der Waals surface area contributed by atoms with Crippen molar-refractivity contribution in [3.63, 3.8) is 0 Å². The van der Waals surface area contributed by atoms with Crippen molar-refractivity contribution in [3.05, 3.63) is 17.0 Å². The van der Waals surface area contributed by atoms with Gasteiger partial charge in [0.05, 0.1) is 5.69 Å². The number of ether oxygens (including phenoxy) is 1. The van der Waals surface area contributed by atoms with Crippen molar-refractivity contribution >= 4 is 5.91 Å². The lowest BCUT2D eigenvalue weighted by atomic mass is 10.1. The van der Waals surface area contributed by atoms with E-state index in [0.717, 1.165) is 36.2 Å². The topological polar surface area (TPSA) is 47.4 Å². The van der Waals surface area contributed by atoms with Crippen molar-refractivity contribution in [3.8, 4) is 0 Å². The largest absolute Gasteiger partial charge is 0.368 e. The Morgan fingerprint density at radius 1 is 1.43 bits per heavy atom. The van der Waals surface area contributed by atoms with E-state index in [4.69, 9.17) is 4.74 Å². The molecule has 21 heavy (non-hydrogen) atoms. The molecule has 1 fully saturated rings. The minimum atomic E-state index is -0.260. The Morgan fingerprint density at radius 2 is 2.14 bits per heavy atom. The standard InChI is InChI=1S/C16H27N3O2/c1-11(2)19-13(4)14(12(3)17-19)10-18(5)16(20)15-8-6-7-9-21-15/h11,15H,6-10H2,1-5H3/t15-/m0/s1. The number of aryl methyl sites for hydroxylation is 1. The van der Waals surface area contributed by atoms with E-state index in [-0.39, 0.29) is 12.0 Å². The van der Waals surface area contributed by atoms with E-state index in [1.54, 1.807) is 4.90 Å². The monoisotopic (exact) mass is 293 g/mol. The quantitative estimate of drug-likeness (QED) is 0.857. The highest BCUT2D eigenvalue weighted by Crippen LogP contribution is 2.20. The van der Waals surface area contributed by atoms with Crippen molar-refractivity contribution < 1.29 is 9.53 Å². The molecule has 0 aliphatic carbocycles. The van der Waals surface area contributed by atoms with Gasteiger partial charge in [0.1, 0.15) is 6.10 Å². The molecule has 2 rings (SSSR count). The van der Waals surface area contributed by atoms with E-state index < -0.39 is 0 Å². The second-order valence-electron chi connectivity index (χ2n) is 6.24. The van der Waals surface area contributed by atoms with Gasteiger partial charge in [0.25, 0.3) is 5.91 Å². The number of aromatic nitrogens is 2. The summed E-state index contributed by atoms with van der Waals surface area (Å²) in [6.45, 7) is 9.62. The first-order valence-electron chi connectivity index (χ1n) is 7.83. The van der Waals surface area contributed by atoms with Crippen molar-refractivity contribution in [1.82, 2.24) is 14.7 Å². The second-order valence-corrected chi connectivity index (χ2v) is 6.24. The van der Waals surface area contributed by atoms with Crippen LogP contribution in [0, 0.1) is 13.8 Å². The summed E-state index contributed by atoms with van der Waals surface area (Å²) < 4.78 is 7.62. The highest BCUT2D eigenvalue weighted by Gasteiger charge is 2.26. The van der Waals surface area contributed by atoms with E-state index in [0.29, 0.717) is 19.2 Å². The van der Waals surface area contributed by atoms with Crippen LogP contribution in [-0.4, -0.2) is 40.3 Å². The molecular formula is C16H27N3O2. The highest BCUT2D eigenvalue weighted by atomic mass is 16.5. The number of carbonyl (C=O) groups excluding carboxylic acids is 1. The first-order valence-corrected chi connectivity index (χ1v) is 7.83. The smallest absolute Gasteiger partial charge is 0.251 e. The fourth-order valence-corrected chi connectivity index (χ4v) is 2.93. The average Bonchev–Trinajstić information content (AvgIpc) is 2.75. The molecular weight excluding hydrogens is 266 g/mol. The summed E-state index contributed by atoms with van der Waals surface area (Å²) >= 11 is 0. The Bertz CT molecular complexity index is 502. The third kappa shape index (κ3) is 3.46. The van der Waals surface area contributed by atoms with Crippen LogP contribution in [0.3, 0.4) is 0 Å². The molecule has 0 unspecified atom stereocenters. The Hall–Kier alpha value is -1.36. The summed E-state index contributed by atoms with van der Waals surface area (Å²) in [7, 11) is 1.85. The van der Waals surface area contributed by atoms with E-state index in [2.05, 4.69) is 25.9 Å². The van der Waals surface area contributed by atoms with Crippen molar-refractivity contribution in [2.75, 3.05) is 13.7 Å². The Labute approximate surface area is 127 Å². The molecule has 1 atom stereocenters. The fourth-order valence-electron chi connectivity index (χ4n) is 2.93. The molecule has 0 spiro atoms. The molecule has 0 saturated carbocycles. The Kier molecular flexibility index (Phi) is 5.04. The van der Waals surface area contributed by atoms with Gasteiger partial charge in [-0.05, 0) is 47.0 Å². The van der Waals surface area contributed by atoms with E-state index >= 15 is 0 Å². The van der Waals surface area contributed by atoms with Crippen LogP contribution in [0.25, 0.3) is 0 Å². The van der Waals surface area contributed by atoms with Crippen LogP contribution in [-0.2, 0) is 16.1 Å². The number of rotatable bonds is 4. The minimum absolute atomic E-state index is 0.0887. The molecule has 0 N–H and O–H groups in total. The predicted octanol–water partition coefficient (Wildman–Crippen LogP) is 2.61. The van der Waals surface area contributed by atoms with Gasteiger partial charge in [-0.2, -0.15) is 5.10 Å². The zero-order chi connectivity index (χ0) is 15.6. The van der Waals surface area contributed by atoms with Crippen LogP contribution >= 0.6 is 0 Å². The molecule has 2 heterocycles. The normalized spacial score (nSPS) is 19.0. The van der Waals surface area contributed by atoms with Crippen LogP contribution in [0.5, 0.6) is 0 Å². The SMILES string of the molecule is Cc1nn(C(C)C)c(C)c1CN(C)C(=O)[C@@H]1CCCCO1. The molecule has 0 bridgehead atoms. The fraction of sp³-hybridized carbons (Fsp3) is 0.750. The maximum Gasteiger partial charge on any atom is 0.251 e. The van der Waals surface area contributed by atoms with Gasteiger partial charge in [-0.1, -0.05) is 0 Å². The Morgan fingerprint density at radius 3 is 2.67 bits per heavy atom. The molecule has 118 valence electrons. The third-order valence-electron chi connectivity index (χ3n) is 4.19. The van der Waals surface area contributed by atoms with Crippen molar-refractivity contribution in [2.24, 2.45) is 0 Å². The van der Waals surface area contributed by atoms with Gasteiger partial charge in [-0.3, -0.25) is 9.48 Å². The Balaban J connectivity index is 2.08. The van der Waals surface area contributed by atoms with Crippen LogP contribution in [0.1, 0.15) is 56.1 Å². The van der Waals surface area contributed by atoms with E-state index in [1.807, 2.05) is 18.7 Å². The molecule has 1 amide bonds. The van der Waals surface area contributed by atoms with Gasteiger partial charge in [0.15, 0.2) is 0 Å². The molecule has 0 aromatic carbocycles.